The van der Waals surface area contributed by atoms with E-state index in [1.165, 1.54) is 37.5 Å². The van der Waals surface area contributed by atoms with Gasteiger partial charge in [0.25, 0.3) is 0 Å². The number of Topliss-reactive ketones (excluding diaryl/α,β-unsaturated/α-hetero) is 1. The molecule has 0 bridgehead atoms. The lowest BCUT2D eigenvalue weighted by atomic mass is 9.85. The second kappa shape index (κ2) is 6.33. The summed E-state index contributed by atoms with van der Waals surface area (Å²) in [5.74, 6) is 0.368. The highest BCUT2D eigenvalue weighted by molar-refractivity contribution is 6.31. The Balaban J connectivity index is 1.92. The zero-order chi connectivity index (χ0) is 13.0. The summed E-state index contributed by atoms with van der Waals surface area (Å²) < 4.78 is 13.1. The first-order valence-electron chi connectivity index (χ1n) is 6.61. The van der Waals surface area contributed by atoms with E-state index in [0.717, 1.165) is 12.8 Å². The smallest absolute Gasteiger partial charge is 0.137 e. The maximum absolute atomic E-state index is 13.1. The molecule has 1 aromatic rings. The number of rotatable bonds is 4. The van der Waals surface area contributed by atoms with Crippen LogP contribution in [0, 0.1) is 11.7 Å². The third-order valence-electron chi connectivity index (χ3n) is 3.64. The number of hydrogen-bond acceptors (Lipinski definition) is 1. The zero-order valence-electron chi connectivity index (χ0n) is 10.4. The van der Waals surface area contributed by atoms with Crippen LogP contribution in [0.15, 0.2) is 18.2 Å². The van der Waals surface area contributed by atoms with Crippen molar-refractivity contribution in [3.63, 3.8) is 0 Å². The van der Waals surface area contributed by atoms with Crippen LogP contribution in [0.25, 0.3) is 0 Å². The van der Waals surface area contributed by atoms with Crippen LogP contribution in [0.3, 0.4) is 0 Å². The molecule has 1 fully saturated rings. The highest BCUT2D eigenvalue weighted by atomic mass is 35.5. The van der Waals surface area contributed by atoms with Crippen LogP contribution in [-0.4, -0.2) is 5.78 Å². The first-order valence-corrected chi connectivity index (χ1v) is 6.98. The van der Waals surface area contributed by atoms with E-state index in [1.54, 1.807) is 0 Å². The van der Waals surface area contributed by atoms with E-state index in [4.69, 9.17) is 11.6 Å². The molecule has 98 valence electrons. The second-order valence-electron chi connectivity index (χ2n) is 5.16. The van der Waals surface area contributed by atoms with Crippen molar-refractivity contribution in [2.75, 3.05) is 0 Å². The molecule has 0 heterocycles. The molecule has 1 aliphatic carbocycles. The summed E-state index contributed by atoms with van der Waals surface area (Å²) in [6, 6.07) is 4.19. The zero-order valence-corrected chi connectivity index (χ0v) is 11.2. The Hall–Kier alpha value is -0.890. The Bertz CT molecular complexity index is 425. The monoisotopic (exact) mass is 268 g/mol. The molecule has 0 atom stereocenters. The molecule has 0 aromatic heterocycles. The largest absolute Gasteiger partial charge is 0.299 e. The topological polar surface area (TPSA) is 17.1 Å². The molecule has 18 heavy (non-hydrogen) atoms. The molecule has 1 aromatic carbocycles. The van der Waals surface area contributed by atoms with Gasteiger partial charge in [0.05, 0.1) is 0 Å². The predicted octanol–water partition coefficient (Wildman–Crippen LogP) is 4.56. The third kappa shape index (κ3) is 3.81. The van der Waals surface area contributed by atoms with Gasteiger partial charge < -0.3 is 0 Å². The van der Waals surface area contributed by atoms with Crippen molar-refractivity contribution in [2.24, 2.45) is 5.92 Å². The van der Waals surface area contributed by atoms with Crippen molar-refractivity contribution in [1.82, 2.24) is 0 Å². The van der Waals surface area contributed by atoms with Crippen LogP contribution in [0.4, 0.5) is 4.39 Å². The fourth-order valence-electron chi connectivity index (χ4n) is 2.68. The van der Waals surface area contributed by atoms with Gasteiger partial charge in [0.1, 0.15) is 11.6 Å². The molecule has 3 heteroatoms. The second-order valence-corrected chi connectivity index (χ2v) is 5.57. The molecule has 0 saturated heterocycles. The summed E-state index contributed by atoms with van der Waals surface area (Å²) in [4.78, 5) is 12.0. The molecule has 2 rings (SSSR count). The molecule has 0 aliphatic heterocycles. The number of hydrogen-bond donors (Lipinski definition) is 0. The standard InChI is InChI=1S/C15H18ClFO/c16-15-7-6-13(17)9-12(15)10-14(18)8-11-4-2-1-3-5-11/h6-7,9,11H,1-5,8,10H2. The minimum Gasteiger partial charge on any atom is -0.299 e. The SMILES string of the molecule is O=C(Cc1cc(F)ccc1Cl)CC1CCCCC1. The highest BCUT2D eigenvalue weighted by Crippen LogP contribution is 2.27. The summed E-state index contributed by atoms with van der Waals surface area (Å²) in [6.07, 6.45) is 6.95. The van der Waals surface area contributed by atoms with Gasteiger partial charge in [-0.15, -0.1) is 0 Å². The van der Waals surface area contributed by atoms with Gasteiger partial charge in [-0.3, -0.25) is 4.79 Å². The van der Waals surface area contributed by atoms with Gasteiger partial charge in [-0.1, -0.05) is 43.7 Å². The first kappa shape index (κ1) is 13.5. The first-order chi connectivity index (χ1) is 8.65. The highest BCUT2D eigenvalue weighted by Gasteiger charge is 2.17. The molecular formula is C15H18ClFO. The normalized spacial score (nSPS) is 16.8. The van der Waals surface area contributed by atoms with Gasteiger partial charge in [-0.25, -0.2) is 4.39 Å². The Morgan fingerprint density at radius 2 is 2.00 bits per heavy atom. The molecule has 0 amide bonds. The summed E-state index contributed by atoms with van der Waals surface area (Å²) in [6.45, 7) is 0. The van der Waals surface area contributed by atoms with Gasteiger partial charge in [0.2, 0.25) is 0 Å². The van der Waals surface area contributed by atoms with E-state index in [9.17, 15) is 9.18 Å². The van der Waals surface area contributed by atoms with E-state index >= 15 is 0 Å². The summed E-state index contributed by atoms with van der Waals surface area (Å²) in [5, 5.41) is 0.480. The average Bonchev–Trinajstić information content (AvgIpc) is 2.35. The Morgan fingerprint density at radius 1 is 1.28 bits per heavy atom. The van der Waals surface area contributed by atoms with E-state index in [1.807, 2.05) is 0 Å². The van der Waals surface area contributed by atoms with E-state index in [2.05, 4.69) is 0 Å². The fraction of sp³-hybridized carbons (Fsp3) is 0.533. The number of benzene rings is 1. The van der Waals surface area contributed by atoms with Crippen molar-refractivity contribution in [3.8, 4) is 0 Å². The maximum atomic E-state index is 13.1. The Morgan fingerprint density at radius 3 is 2.72 bits per heavy atom. The molecular weight excluding hydrogens is 251 g/mol. The van der Waals surface area contributed by atoms with Crippen molar-refractivity contribution in [1.29, 1.82) is 0 Å². The van der Waals surface area contributed by atoms with Crippen LogP contribution >= 0.6 is 11.6 Å². The van der Waals surface area contributed by atoms with Crippen LogP contribution in [0.5, 0.6) is 0 Å². The van der Waals surface area contributed by atoms with Crippen LogP contribution in [0.2, 0.25) is 5.02 Å². The quantitative estimate of drug-likeness (QED) is 0.782. The molecule has 0 radical (unpaired) electrons. The van der Waals surface area contributed by atoms with Crippen molar-refractivity contribution in [2.45, 2.75) is 44.9 Å². The number of ketones is 1. The lowest BCUT2D eigenvalue weighted by Gasteiger charge is -2.20. The summed E-state index contributed by atoms with van der Waals surface area (Å²) in [5.41, 5.74) is 0.609. The van der Waals surface area contributed by atoms with E-state index < -0.39 is 0 Å². The van der Waals surface area contributed by atoms with Crippen LogP contribution in [0.1, 0.15) is 44.1 Å². The molecule has 0 unspecified atom stereocenters. The van der Waals surface area contributed by atoms with Crippen LogP contribution in [-0.2, 0) is 11.2 Å². The molecule has 0 spiro atoms. The Kier molecular flexibility index (Phi) is 4.76. The summed E-state index contributed by atoms with van der Waals surface area (Å²) >= 11 is 5.96. The average molecular weight is 269 g/mol. The molecule has 1 nitrogen and oxygen atoms in total. The lowest BCUT2D eigenvalue weighted by molar-refractivity contribution is -0.119. The van der Waals surface area contributed by atoms with Gasteiger partial charge in [0, 0.05) is 17.9 Å². The van der Waals surface area contributed by atoms with Crippen molar-refractivity contribution >= 4 is 17.4 Å². The minimum absolute atomic E-state index is 0.175. The predicted molar refractivity (Wildman–Crippen MR) is 71.3 cm³/mol. The van der Waals surface area contributed by atoms with Gasteiger partial charge in [0.15, 0.2) is 0 Å². The molecule has 1 aliphatic rings. The van der Waals surface area contributed by atoms with E-state index in [-0.39, 0.29) is 18.0 Å². The number of carbonyl (C=O) groups excluding carboxylic acids is 1. The van der Waals surface area contributed by atoms with Gasteiger partial charge >= 0.3 is 0 Å². The van der Waals surface area contributed by atoms with Gasteiger partial charge in [-0.2, -0.15) is 0 Å². The van der Waals surface area contributed by atoms with E-state index in [0.29, 0.717) is 22.9 Å². The maximum Gasteiger partial charge on any atom is 0.137 e. The van der Waals surface area contributed by atoms with Crippen LogP contribution < -0.4 is 0 Å². The van der Waals surface area contributed by atoms with Crippen molar-refractivity contribution in [3.05, 3.63) is 34.6 Å². The number of halogens is 2. The number of carbonyl (C=O) groups is 1. The van der Waals surface area contributed by atoms with Crippen molar-refractivity contribution < 1.29 is 9.18 Å². The lowest BCUT2D eigenvalue weighted by Crippen LogP contribution is -2.13. The minimum atomic E-state index is -0.333. The molecule has 1 saturated carbocycles. The third-order valence-corrected chi connectivity index (χ3v) is 4.01. The fourth-order valence-corrected chi connectivity index (χ4v) is 2.86. The molecule has 0 N–H and O–H groups in total. The van der Waals surface area contributed by atoms with Gasteiger partial charge in [-0.05, 0) is 29.7 Å². The summed E-state index contributed by atoms with van der Waals surface area (Å²) in [7, 11) is 0. The Labute approximate surface area is 112 Å².